The second-order valence-electron chi connectivity index (χ2n) is 8.23. The smallest absolute Gasteiger partial charge is 0.238 e. The molecule has 0 aliphatic carbocycles. The molecule has 1 N–H and O–H groups in total. The van der Waals surface area contributed by atoms with E-state index in [4.69, 9.17) is 0 Å². The van der Waals surface area contributed by atoms with E-state index in [1.165, 1.54) is 44.8 Å². The van der Waals surface area contributed by atoms with Gasteiger partial charge < -0.3 is 5.32 Å². The number of benzene rings is 3. The lowest BCUT2D eigenvalue weighted by molar-refractivity contribution is -0.125. The van der Waals surface area contributed by atoms with Gasteiger partial charge in [0.15, 0.2) is 0 Å². The number of nitrogens with one attached hydrogen (secondary N) is 1. The molecule has 0 aromatic heterocycles. The first-order valence-corrected chi connectivity index (χ1v) is 11.3. The van der Waals surface area contributed by atoms with Crippen LogP contribution < -0.4 is 5.32 Å². The van der Waals surface area contributed by atoms with Crippen LogP contribution >= 0.6 is 11.9 Å². The van der Waals surface area contributed by atoms with Gasteiger partial charge in [0.25, 0.3) is 0 Å². The SMILES string of the molecule is Cc1cc(C)c(SN2Cc3ccccc3CC2C(=O)NCc2cccc(F)c2)c(C)c1. The molecule has 1 heterocycles. The van der Waals surface area contributed by atoms with Gasteiger partial charge in [-0.15, -0.1) is 0 Å². The van der Waals surface area contributed by atoms with E-state index in [2.05, 4.69) is 60.7 Å². The Morgan fingerprint density at radius 3 is 2.45 bits per heavy atom. The molecule has 1 aliphatic heterocycles. The first-order chi connectivity index (χ1) is 14.9. The highest BCUT2D eigenvalue weighted by molar-refractivity contribution is 7.97. The molecule has 3 aromatic carbocycles. The monoisotopic (exact) mass is 434 g/mol. The number of carbonyl (C=O) groups excluding carboxylic acids is 1. The van der Waals surface area contributed by atoms with Crippen molar-refractivity contribution >= 4 is 17.9 Å². The summed E-state index contributed by atoms with van der Waals surface area (Å²) >= 11 is 1.66. The van der Waals surface area contributed by atoms with Gasteiger partial charge >= 0.3 is 0 Å². The highest BCUT2D eigenvalue weighted by atomic mass is 32.2. The number of rotatable bonds is 5. The van der Waals surface area contributed by atoms with Gasteiger partial charge in [-0.1, -0.05) is 54.1 Å². The van der Waals surface area contributed by atoms with E-state index in [-0.39, 0.29) is 17.8 Å². The van der Waals surface area contributed by atoms with Crippen molar-refractivity contribution in [1.29, 1.82) is 0 Å². The molecule has 0 saturated heterocycles. The summed E-state index contributed by atoms with van der Waals surface area (Å²) in [7, 11) is 0. The van der Waals surface area contributed by atoms with E-state index in [0.717, 1.165) is 5.56 Å². The maximum Gasteiger partial charge on any atom is 0.238 e. The van der Waals surface area contributed by atoms with Crippen molar-refractivity contribution in [2.24, 2.45) is 0 Å². The second kappa shape index (κ2) is 9.25. The molecule has 1 atom stereocenters. The van der Waals surface area contributed by atoms with Crippen molar-refractivity contribution in [3.05, 3.63) is 99.9 Å². The Kier molecular flexibility index (Phi) is 6.44. The molecule has 3 nitrogen and oxygen atoms in total. The zero-order valence-electron chi connectivity index (χ0n) is 18.1. The quantitative estimate of drug-likeness (QED) is 0.538. The number of aryl methyl sites for hydroxylation is 3. The summed E-state index contributed by atoms with van der Waals surface area (Å²) in [4.78, 5) is 14.4. The van der Waals surface area contributed by atoms with Crippen LogP contribution in [0.4, 0.5) is 4.39 Å². The van der Waals surface area contributed by atoms with Crippen LogP contribution in [0.3, 0.4) is 0 Å². The van der Waals surface area contributed by atoms with Crippen molar-refractivity contribution in [3.63, 3.8) is 0 Å². The number of amides is 1. The van der Waals surface area contributed by atoms with Crippen LogP contribution in [0.2, 0.25) is 0 Å². The van der Waals surface area contributed by atoms with Crippen molar-refractivity contribution in [3.8, 4) is 0 Å². The van der Waals surface area contributed by atoms with E-state index < -0.39 is 0 Å². The van der Waals surface area contributed by atoms with Gasteiger partial charge in [-0.3, -0.25) is 4.79 Å². The molecule has 1 amide bonds. The molecular formula is C26H27FN2OS. The van der Waals surface area contributed by atoms with Gasteiger partial charge in [-0.05, 0) is 79.1 Å². The summed E-state index contributed by atoms with van der Waals surface area (Å²) in [5.41, 5.74) is 6.91. The highest BCUT2D eigenvalue weighted by Crippen LogP contribution is 2.36. The standard InChI is InChI=1S/C26H27FN2OS/c1-17-11-18(2)25(19(3)12-17)31-29-16-22-9-5-4-8-21(22)14-24(29)26(30)28-15-20-7-6-10-23(27)13-20/h4-13,24H,14-16H2,1-3H3,(H,28,30). The van der Waals surface area contributed by atoms with Crippen LogP contribution in [-0.2, 0) is 24.3 Å². The fourth-order valence-corrected chi connectivity index (χ4v) is 5.34. The molecule has 0 fully saturated rings. The minimum atomic E-state index is -0.298. The largest absolute Gasteiger partial charge is 0.351 e. The maximum atomic E-state index is 13.5. The summed E-state index contributed by atoms with van der Waals surface area (Å²) in [5.74, 6) is -0.325. The van der Waals surface area contributed by atoms with Gasteiger partial charge in [0.1, 0.15) is 11.9 Å². The van der Waals surface area contributed by atoms with Crippen LogP contribution in [0.5, 0.6) is 0 Å². The number of hydrogen-bond donors (Lipinski definition) is 1. The van der Waals surface area contributed by atoms with Crippen molar-refractivity contribution < 1.29 is 9.18 Å². The third-order valence-corrected chi connectivity index (χ3v) is 7.12. The van der Waals surface area contributed by atoms with Crippen LogP contribution in [0.25, 0.3) is 0 Å². The number of nitrogens with zero attached hydrogens (tertiary/aromatic N) is 1. The molecule has 1 unspecified atom stereocenters. The Balaban J connectivity index is 1.57. The fraction of sp³-hybridized carbons (Fsp3) is 0.269. The Bertz CT molecular complexity index is 1090. The lowest BCUT2D eigenvalue weighted by atomic mass is 9.95. The minimum absolute atomic E-state index is 0.0336. The first-order valence-electron chi connectivity index (χ1n) is 10.5. The number of halogens is 1. The summed E-state index contributed by atoms with van der Waals surface area (Å²) < 4.78 is 15.7. The molecule has 0 spiro atoms. The summed E-state index contributed by atoms with van der Waals surface area (Å²) in [6.07, 6.45) is 0.655. The van der Waals surface area contributed by atoms with Gasteiger partial charge in [-0.2, -0.15) is 0 Å². The van der Waals surface area contributed by atoms with E-state index in [9.17, 15) is 9.18 Å². The second-order valence-corrected chi connectivity index (χ2v) is 9.29. The van der Waals surface area contributed by atoms with Crippen molar-refractivity contribution in [1.82, 2.24) is 9.62 Å². The average Bonchev–Trinajstić information content (AvgIpc) is 2.74. The Labute approximate surface area is 187 Å². The highest BCUT2D eigenvalue weighted by Gasteiger charge is 2.32. The van der Waals surface area contributed by atoms with Gasteiger partial charge in [0, 0.05) is 18.0 Å². The Morgan fingerprint density at radius 2 is 1.74 bits per heavy atom. The molecule has 0 bridgehead atoms. The Hall–Kier alpha value is -2.63. The van der Waals surface area contributed by atoms with E-state index in [1.807, 2.05) is 12.1 Å². The lowest BCUT2D eigenvalue weighted by Gasteiger charge is -2.35. The molecule has 3 aromatic rings. The minimum Gasteiger partial charge on any atom is -0.351 e. The molecule has 4 rings (SSSR count). The fourth-order valence-electron chi connectivity index (χ4n) is 4.20. The lowest BCUT2D eigenvalue weighted by Crippen LogP contribution is -2.47. The third-order valence-electron chi connectivity index (χ3n) is 5.68. The van der Waals surface area contributed by atoms with Crippen LogP contribution in [0, 0.1) is 26.6 Å². The van der Waals surface area contributed by atoms with Gasteiger partial charge in [0.2, 0.25) is 5.91 Å². The average molecular weight is 435 g/mol. The van der Waals surface area contributed by atoms with Crippen molar-refractivity contribution in [2.45, 2.75) is 51.2 Å². The molecular weight excluding hydrogens is 407 g/mol. The number of hydrogen-bond acceptors (Lipinski definition) is 3. The Morgan fingerprint density at radius 1 is 1.03 bits per heavy atom. The van der Waals surface area contributed by atoms with Crippen LogP contribution in [-0.4, -0.2) is 16.3 Å². The third kappa shape index (κ3) is 5.00. The topological polar surface area (TPSA) is 32.3 Å². The molecule has 31 heavy (non-hydrogen) atoms. The molecule has 160 valence electrons. The van der Waals surface area contributed by atoms with Crippen LogP contribution in [0.15, 0.2) is 65.6 Å². The summed E-state index contributed by atoms with van der Waals surface area (Å²) in [6.45, 7) is 7.37. The zero-order chi connectivity index (χ0) is 22.0. The number of fused-ring (bicyclic) bond motifs is 1. The molecule has 0 radical (unpaired) electrons. The molecule has 5 heteroatoms. The predicted molar refractivity (Wildman–Crippen MR) is 124 cm³/mol. The van der Waals surface area contributed by atoms with E-state index >= 15 is 0 Å². The first kappa shape index (κ1) is 21.6. The maximum absolute atomic E-state index is 13.5. The molecule has 0 saturated carbocycles. The normalized spacial score (nSPS) is 16.1. The van der Waals surface area contributed by atoms with Gasteiger partial charge in [-0.25, -0.2) is 8.70 Å². The summed E-state index contributed by atoms with van der Waals surface area (Å²) in [6, 6.07) is 18.8. The number of carbonyl (C=O) groups is 1. The van der Waals surface area contributed by atoms with Crippen LogP contribution in [0.1, 0.15) is 33.4 Å². The predicted octanol–water partition coefficient (Wildman–Crippen LogP) is 5.50. The van der Waals surface area contributed by atoms with Gasteiger partial charge in [0.05, 0.1) is 0 Å². The van der Waals surface area contributed by atoms with E-state index in [0.29, 0.717) is 19.5 Å². The zero-order valence-corrected chi connectivity index (χ0v) is 18.9. The summed E-state index contributed by atoms with van der Waals surface area (Å²) in [5, 5.41) is 3.02. The molecule has 1 aliphatic rings. The van der Waals surface area contributed by atoms with E-state index in [1.54, 1.807) is 18.0 Å². The van der Waals surface area contributed by atoms with Crippen molar-refractivity contribution in [2.75, 3.05) is 0 Å².